The number of nitrogens with two attached hydrogens (primary N) is 1. The number of nitrogens with zero attached hydrogens (tertiary/aromatic N) is 11. The van der Waals surface area contributed by atoms with Crippen LogP contribution in [0.5, 0.6) is 11.5 Å². The number of benzene rings is 8. The lowest BCUT2D eigenvalue weighted by Gasteiger charge is -2.15. The van der Waals surface area contributed by atoms with Gasteiger partial charge in [-0.3, -0.25) is 0 Å². The van der Waals surface area contributed by atoms with E-state index < -0.39 is 29.5 Å². The van der Waals surface area contributed by atoms with Crippen LogP contribution in [0.4, 0.5) is 29.0 Å². The molecule has 5 N–H and O–H groups in total. The Hall–Kier alpha value is -9.61. The van der Waals surface area contributed by atoms with Gasteiger partial charge in [0.15, 0.2) is 0 Å². The van der Waals surface area contributed by atoms with Gasteiger partial charge < -0.3 is 40.5 Å². The molecule has 3 aromatic heterocycles. The maximum Gasteiger partial charge on any atom is 0.252 e. The second-order valence-electron chi connectivity index (χ2n) is 30.5. The predicted molar refractivity (Wildman–Crippen MR) is 439 cm³/mol. The molecule has 0 radical (unpaired) electrons. The van der Waals surface area contributed by atoms with E-state index in [4.69, 9.17) is 20.3 Å². The first kappa shape index (κ1) is 79.1. The van der Waals surface area contributed by atoms with Crippen LogP contribution in [0.2, 0.25) is 0 Å². The maximum absolute atomic E-state index is 13.9. The van der Waals surface area contributed by atoms with Crippen LogP contribution in [0.1, 0.15) is 133 Å². The van der Waals surface area contributed by atoms with Crippen LogP contribution < -0.4 is 25.8 Å². The minimum absolute atomic E-state index is 0.0737. The van der Waals surface area contributed by atoms with Crippen LogP contribution in [0.3, 0.4) is 0 Å². The van der Waals surface area contributed by atoms with Gasteiger partial charge in [0, 0.05) is 36.7 Å². The molecule has 0 aliphatic heterocycles. The monoisotopic (exact) mass is 1630 g/mol. The number of halogens is 1. The molecule has 0 unspecified atom stereocenters. The van der Waals surface area contributed by atoms with Gasteiger partial charge >= 0.3 is 0 Å². The van der Waals surface area contributed by atoms with E-state index >= 15 is 0 Å². The van der Waals surface area contributed by atoms with Gasteiger partial charge in [0.2, 0.25) is 51.3 Å². The van der Waals surface area contributed by atoms with Gasteiger partial charge in [-0.2, -0.15) is 15.0 Å². The van der Waals surface area contributed by atoms with Crippen molar-refractivity contribution in [1.82, 2.24) is 59.4 Å². The molecule has 6 aliphatic rings. The molecule has 112 heavy (non-hydrogen) atoms. The topological polar surface area (TPSA) is 284 Å². The average Bonchev–Trinajstić information content (AvgIpc) is 1.59. The highest BCUT2D eigenvalue weighted by atomic mass is 79.9. The second-order valence-corrected chi connectivity index (χ2v) is 36.8. The highest BCUT2D eigenvalue weighted by molar-refractivity contribution is 9.10. The number of H-pyrrole nitrogens is 1. The number of fused-ring (bicyclic) bond motifs is 6. The zero-order valence-electron chi connectivity index (χ0n) is 64.9. The summed E-state index contributed by atoms with van der Waals surface area (Å²) in [6, 6.07) is 42.8. The Morgan fingerprint density at radius 2 is 0.732 bits per heavy atom. The number of aromatic nitrogens is 9. The fraction of sp³-hybridized carbons (Fsp3) is 0.365. The Kier molecular flexibility index (Phi) is 24.0. The minimum atomic E-state index is -3.93. The Balaban J connectivity index is 0.000000130. The molecule has 0 spiro atoms. The lowest BCUT2D eigenvalue weighted by Crippen LogP contribution is -2.14. The molecular weight excluding hydrogens is 1540 g/mol. The van der Waals surface area contributed by atoms with Crippen molar-refractivity contribution in [1.29, 1.82) is 0 Å². The van der Waals surface area contributed by atoms with Gasteiger partial charge in [-0.25, -0.2) is 39.7 Å². The van der Waals surface area contributed by atoms with Gasteiger partial charge in [-0.1, -0.05) is 78.9 Å². The highest BCUT2D eigenvalue weighted by Crippen LogP contribution is 2.43. The molecule has 17 rings (SSSR count). The van der Waals surface area contributed by atoms with Crippen molar-refractivity contribution in [2.75, 3.05) is 72.9 Å². The summed E-state index contributed by atoms with van der Waals surface area (Å²) in [4.78, 5) is 19.7. The molecule has 3 heterocycles. The third-order valence-electron chi connectivity index (χ3n) is 21.6. The lowest BCUT2D eigenvalue weighted by molar-refractivity contribution is 0.402. The number of ether oxygens (including phenoxy) is 2. The fourth-order valence-corrected chi connectivity index (χ4v) is 20.4. The first-order chi connectivity index (χ1) is 53.9. The quantitative estimate of drug-likeness (QED) is 0.0459. The Morgan fingerprint density at radius 3 is 1.10 bits per heavy atom. The van der Waals surface area contributed by atoms with Crippen molar-refractivity contribution in [3.05, 3.63) is 239 Å². The molecule has 8 aromatic carbocycles. The molecule has 0 atom stereocenters. The van der Waals surface area contributed by atoms with E-state index in [0.29, 0.717) is 11.9 Å². The smallest absolute Gasteiger partial charge is 0.252 e. The number of methoxy groups -OCH3 is 2. The molecule has 6 aliphatic carbocycles. The average molecular weight is 1630 g/mol. The maximum atomic E-state index is 13.9. The van der Waals surface area contributed by atoms with Gasteiger partial charge in [-0.05, 0) is 329 Å². The molecule has 0 amide bonds. The number of aromatic amines is 1. The molecular formula is C85H98BrN15O8S3. The van der Waals surface area contributed by atoms with Crippen LogP contribution in [-0.4, -0.2) is 141 Å². The van der Waals surface area contributed by atoms with Gasteiger partial charge in [0.1, 0.15) is 11.5 Å². The number of nitrogens with one attached hydrogen (secondary N) is 3. The highest BCUT2D eigenvalue weighted by Gasteiger charge is 2.33. The van der Waals surface area contributed by atoms with Crippen molar-refractivity contribution in [2.24, 2.45) is 0 Å². The zero-order chi connectivity index (χ0) is 78.6. The fourth-order valence-electron chi connectivity index (χ4n) is 16.3. The summed E-state index contributed by atoms with van der Waals surface area (Å²) >= 11 is 3.19. The standard InChI is InChI=1S/C31H35N5O3S.C23H27N5O2S.C19H21BrN4O3S.C12H15N/c1-35(2)19-21-12-16-26(17-13-21)40(37,38)31-33-30(34-36(31)20-22-10-14-25(39-3)15-11-22)32-29-27-8-4-6-23(27)18-24-7-5-9-28(24)29;1-28(2)14-15-9-11-18(12-10-15)31(29,30)23-25-22(26-27-23)24-21-19-7-3-5-16(19)13-17-6-4-8-20(17)21;1-23(2)12-14-6-10-17(11-7-14)28(25,26)19-21-18(20)22-24(19)13-15-4-8-16(27-3)9-5-15;13-12-10-5-1-3-8(10)7-9-4-2-6-11(9)12/h10-18H,4-9,19-20H2,1-3H3,(H,32,34);9-13H,3-8,14H2,1-2H3,(H2,24,25,26,27);4-11H,12-13H2,1-3H3;7H,1-6,13H2. The summed E-state index contributed by atoms with van der Waals surface area (Å²) in [5.41, 5.74) is 31.4. The van der Waals surface area contributed by atoms with E-state index in [1.807, 2.05) is 142 Å². The molecule has 586 valence electrons. The summed E-state index contributed by atoms with van der Waals surface area (Å²) in [5, 5.41) is 22.3. The van der Waals surface area contributed by atoms with Crippen LogP contribution in [-0.2, 0) is 139 Å². The summed E-state index contributed by atoms with van der Waals surface area (Å²) < 4.78 is 93.7. The van der Waals surface area contributed by atoms with Gasteiger partial charge in [-0.15, -0.1) is 15.3 Å². The van der Waals surface area contributed by atoms with Crippen molar-refractivity contribution in [2.45, 2.75) is 178 Å². The van der Waals surface area contributed by atoms with E-state index in [9.17, 15) is 25.3 Å². The normalized spacial score (nSPS) is 14.5. The third kappa shape index (κ3) is 17.6. The third-order valence-corrected chi connectivity index (χ3v) is 26.8. The van der Waals surface area contributed by atoms with Crippen LogP contribution in [0, 0.1) is 0 Å². The number of sulfone groups is 3. The van der Waals surface area contributed by atoms with Crippen molar-refractivity contribution in [3.63, 3.8) is 0 Å². The Bertz CT molecular complexity index is 5500. The van der Waals surface area contributed by atoms with E-state index in [1.54, 1.807) is 50.6 Å². The molecule has 0 saturated heterocycles. The number of hydrogen-bond acceptors (Lipinski definition) is 20. The first-order valence-electron chi connectivity index (χ1n) is 38.4. The van der Waals surface area contributed by atoms with Gasteiger partial charge in [0.05, 0.1) is 42.0 Å². The zero-order valence-corrected chi connectivity index (χ0v) is 68.9. The van der Waals surface area contributed by atoms with Crippen LogP contribution in [0.25, 0.3) is 0 Å². The molecule has 11 aromatic rings. The second kappa shape index (κ2) is 34.0. The minimum Gasteiger partial charge on any atom is -0.497 e. The van der Waals surface area contributed by atoms with Crippen LogP contribution >= 0.6 is 15.9 Å². The van der Waals surface area contributed by atoms with E-state index in [1.165, 1.54) is 115 Å². The summed E-state index contributed by atoms with van der Waals surface area (Å²) in [6.07, 6.45) is 20.6. The number of nitrogen functional groups attached to an aromatic ring is 1. The van der Waals surface area contributed by atoms with Crippen molar-refractivity contribution in [3.8, 4) is 11.5 Å². The van der Waals surface area contributed by atoms with E-state index in [2.05, 4.69) is 75.0 Å². The molecule has 27 heteroatoms. The number of hydrogen-bond donors (Lipinski definition) is 4. The summed E-state index contributed by atoms with van der Waals surface area (Å²) in [6.45, 7) is 2.75. The number of rotatable bonds is 22. The van der Waals surface area contributed by atoms with Crippen molar-refractivity contribution < 1.29 is 34.7 Å². The SMILES string of the molecule is CN(C)Cc1ccc(S(=O)(=O)c2nc(Nc3c4c(cc5c3CCC5)CCC4)n[nH]2)cc1.COc1ccc(Cn2nc(Br)nc2S(=O)(=O)c2ccc(CN(C)C)cc2)cc1.COc1ccc(Cn2nc(Nc3c4c(cc5c3CCC5)CCC4)nc2S(=O)(=O)c2ccc(CN(C)C)cc2)cc1.Nc1c2c(cc3c1CCC3)CCC2. The first-order valence-corrected chi connectivity index (χ1v) is 43.6. The Morgan fingerprint density at radius 1 is 0.411 bits per heavy atom. The lowest BCUT2D eigenvalue weighted by atomic mass is 9.99. The van der Waals surface area contributed by atoms with Crippen molar-refractivity contribution >= 4 is 74.4 Å². The largest absolute Gasteiger partial charge is 0.497 e. The van der Waals surface area contributed by atoms with Gasteiger partial charge in [0.25, 0.3) is 10.3 Å². The summed E-state index contributed by atoms with van der Waals surface area (Å²) in [7, 11) is 3.57. The molecule has 0 fully saturated rings. The molecule has 0 bridgehead atoms. The Labute approximate surface area is 665 Å². The van der Waals surface area contributed by atoms with E-state index in [0.717, 1.165) is 153 Å². The number of anilines is 5. The molecule has 23 nitrogen and oxygen atoms in total. The van der Waals surface area contributed by atoms with Crippen LogP contribution in [0.15, 0.2) is 174 Å². The van der Waals surface area contributed by atoms with E-state index in [-0.39, 0.29) is 48.0 Å². The summed E-state index contributed by atoms with van der Waals surface area (Å²) in [5.74, 6) is 2.08. The number of aryl methyl sites for hydroxylation is 6. The predicted octanol–water partition coefficient (Wildman–Crippen LogP) is 13.6. The molecule has 0 saturated carbocycles.